The molecule has 0 radical (unpaired) electrons. The van der Waals surface area contributed by atoms with Crippen LogP contribution in [-0.2, 0) is 34.1 Å². The molecule has 384 valence electrons. The van der Waals surface area contributed by atoms with Gasteiger partial charge in [0.25, 0.3) is 20.0 Å². The van der Waals surface area contributed by atoms with Crippen LogP contribution in [-0.4, -0.2) is 71.8 Å². The van der Waals surface area contributed by atoms with Crippen LogP contribution in [0.15, 0.2) is 144 Å². The standard InChI is InChI=1S/2C27H27FN4O4S/c2*1-17(2)36-18-7-9-20(23(15-18)24-11-13-29-32(24)3)21-12-14-35-25-16-19(8-10-22(21)25)37(33,34)31-27-6-4-5-26(28)30-27/h2*4-11,13,15-17,21H,12,14H2,1-3H3,(H,30,31)/t2*21-/m10/s1. The minimum absolute atomic E-state index is 0.00509. The van der Waals surface area contributed by atoms with Gasteiger partial charge in [-0.25, -0.2) is 26.8 Å². The molecule has 0 amide bonds. The van der Waals surface area contributed by atoms with Crippen LogP contribution in [0.1, 0.15) is 74.6 Å². The Hall–Kier alpha value is -7.84. The third-order valence-electron chi connectivity index (χ3n) is 12.3. The average molecular weight is 1050 g/mol. The number of hydrogen-bond acceptors (Lipinski definition) is 12. The molecule has 4 aromatic heterocycles. The van der Waals surface area contributed by atoms with E-state index in [1.807, 2.05) is 87.6 Å². The molecule has 2 N–H and O–H groups in total. The van der Waals surface area contributed by atoms with Gasteiger partial charge in [-0.2, -0.15) is 19.0 Å². The Labute approximate surface area is 428 Å². The van der Waals surface area contributed by atoms with Crippen molar-refractivity contribution in [2.24, 2.45) is 14.1 Å². The molecular weight excluding hydrogens is 991 g/mol. The number of rotatable bonds is 14. The van der Waals surface area contributed by atoms with Gasteiger partial charge in [-0.05, 0) is 124 Å². The van der Waals surface area contributed by atoms with Gasteiger partial charge in [-0.15, -0.1) is 0 Å². The SMILES string of the molecule is CC(C)Oc1ccc([C@@H]2CCOc3cc(S(=O)(=O)Nc4cccc(F)n4)ccc32)c(-c2ccnn2C)c1.CC(C)Oc1ccc([C@H]2CCOc3cc(S(=O)(=O)Nc4cccc(F)n4)ccc32)c(-c2ccnn2C)c1. The van der Waals surface area contributed by atoms with E-state index in [0.717, 1.165) is 81.2 Å². The van der Waals surface area contributed by atoms with E-state index < -0.39 is 31.9 Å². The van der Waals surface area contributed by atoms with Crippen molar-refractivity contribution >= 4 is 31.7 Å². The largest absolute Gasteiger partial charge is 0.493 e. The van der Waals surface area contributed by atoms with Gasteiger partial charge in [0.1, 0.15) is 34.6 Å². The maximum absolute atomic E-state index is 13.4. The van der Waals surface area contributed by atoms with E-state index >= 15 is 0 Å². The van der Waals surface area contributed by atoms with E-state index in [-0.39, 0.29) is 45.5 Å². The Morgan fingerprint density at radius 2 is 0.959 bits per heavy atom. The first-order chi connectivity index (χ1) is 35.4. The van der Waals surface area contributed by atoms with Crippen LogP contribution in [0.4, 0.5) is 20.4 Å². The summed E-state index contributed by atoms with van der Waals surface area (Å²) in [4.78, 5) is 7.18. The Morgan fingerprint density at radius 3 is 1.32 bits per heavy atom. The third kappa shape index (κ3) is 11.4. The van der Waals surface area contributed by atoms with Gasteiger partial charge in [-0.3, -0.25) is 18.8 Å². The molecule has 4 aromatic carbocycles. The molecule has 16 nitrogen and oxygen atoms in total. The maximum Gasteiger partial charge on any atom is 0.263 e. The van der Waals surface area contributed by atoms with Crippen molar-refractivity contribution in [2.45, 2.75) is 74.4 Å². The van der Waals surface area contributed by atoms with Gasteiger partial charge in [0.05, 0.1) is 46.6 Å². The number of sulfonamides is 2. The number of benzene rings is 4. The summed E-state index contributed by atoms with van der Waals surface area (Å²) in [6.07, 6.45) is 5.02. The number of nitrogens with zero attached hydrogens (tertiary/aromatic N) is 6. The number of ether oxygens (including phenoxy) is 4. The third-order valence-corrected chi connectivity index (χ3v) is 15.0. The van der Waals surface area contributed by atoms with Crippen LogP contribution in [0.5, 0.6) is 23.0 Å². The van der Waals surface area contributed by atoms with Gasteiger partial charge in [0.15, 0.2) is 0 Å². The molecule has 0 unspecified atom stereocenters. The van der Waals surface area contributed by atoms with Crippen molar-refractivity contribution in [2.75, 3.05) is 22.7 Å². The lowest BCUT2D eigenvalue weighted by molar-refractivity contribution is 0.242. The lowest BCUT2D eigenvalue weighted by Crippen LogP contribution is -2.18. The molecule has 6 heterocycles. The first-order valence-electron chi connectivity index (χ1n) is 23.8. The molecule has 2 atom stereocenters. The van der Waals surface area contributed by atoms with Crippen LogP contribution in [0, 0.1) is 11.9 Å². The summed E-state index contributed by atoms with van der Waals surface area (Å²) in [6.45, 7) is 8.78. The fourth-order valence-electron chi connectivity index (χ4n) is 9.13. The van der Waals surface area contributed by atoms with Crippen molar-refractivity contribution < 1.29 is 44.6 Å². The number of aromatic nitrogens is 6. The van der Waals surface area contributed by atoms with E-state index in [1.165, 1.54) is 48.5 Å². The molecule has 10 rings (SSSR count). The number of aryl methyl sites for hydroxylation is 2. The predicted molar refractivity (Wildman–Crippen MR) is 276 cm³/mol. The zero-order valence-corrected chi connectivity index (χ0v) is 43.0. The molecule has 0 bridgehead atoms. The van der Waals surface area contributed by atoms with Crippen molar-refractivity contribution in [3.63, 3.8) is 0 Å². The quantitative estimate of drug-likeness (QED) is 0.0982. The normalized spacial score (nSPS) is 15.2. The zero-order chi connectivity index (χ0) is 52.3. The molecule has 20 heteroatoms. The zero-order valence-electron chi connectivity index (χ0n) is 41.4. The number of fused-ring (bicyclic) bond motifs is 2. The van der Waals surface area contributed by atoms with Crippen LogP contribution in [0.25, 0.3) is 22.5 Å². The van der Waals surface area contributed by atoms with E-state index in [1.54, 1.807) is 24.5 Å². The van der Waals surface area contributed by atoms with Gasteiger partial charge < -0.3 is 18.9 Å². The maximum atomic E-state index is 13.4. The summed E-state index contributed by atoms with van der Waals surface area (Å²) < 4.78 is 111. The summed E-state index contributed by atoms with van der Waals surface area (Å²) in [5.74, 6) is 0.711. The molecule has 0 fully saturated rings. The Kier molecular flexibility index (Phi) is 14.7. The Bertz CT molecular complexity index is 3340. The number of nitrogens with one attached hydrogen (secondary N) is 2. The molecule has 0 aliphatic carbocycles. The van der Waals surface area contributed by atoms with Crippen molar-refractivity contribution in [1.29, 1.82) is 0 Å². The molecule has 74 heavy (non-hydrogen) atoms. The highest BCUT2D eigenvalue weighted by Crippen LogP contribution is 2.45. The highest BCUT2D eigenvalue weighted by Gasteiger charge is 2.31. The molecule has 0 spiro atoms. The summed E-state index contributed by atoms with van der Waals surface area (Å²) in [5, 5.41) is 8.68. The predicted octanol–water partition coefficient (Wildman–Crippen LogP) is 10.2. The first kappa shape index (κ1) is 51.1. The van der Waals surface area contributed by atoms with Crippen molar-refractivity contribution in [1.82, 2.24) is 29.5 Å². The van der Waals surface area contributed by atoms with E-state index in [2.05, 4.69) is 41.7 Å². The Balaban J connectivity index is 0.000000182. The molecule has 2 aliphatic rings. The summed E-state index contributed by atoms with van der Waals surface area (Å²) in [5.41, 5.74) is 7.79. The monoisotopic (exact) mass is 1040 g/mol. The lowest BCUT2D eigenvalue weighted by Gasteiger charge is -2.28. The number of hydrogen-bond donors (Lipinski definition) is 2. The molecule has 8 aromatic rings. The van der Waals surface area contributed by atoms with E-state index in [0.29, 0.717) is 24.7 Å². The number of pyridine rings is 2. The minimum atomic E-state index is -4.00. The van der Waals surface area contributed by atoms with Crippen LogP contribution < -0.4 is 28.4 Å². The number of anilines is 2. The van der Waals surface area contributed by atoms with Gasteiger partial charge >= 0.3 is 0 Å². The van der Waals surface area contributed by atoms with E-state index in [4.69, 9.17) is 18.9 Å². The highest BCUT2D eigenvalue weighted by molar-refractivity contribution is 7.93. The van der Waals surface area contributed by atoms with Gasteiger partial charge in [0.2, 0.25) is 11.9 Å². The second-order valence-electron chi connectivity index (χ2n) is 18.2. The van der Waals surface area contributed by atoms with Crippen LogP contribution >= 0.6 is 0 Å². The van der Waals surface area contributed by atoms with Gasteiger partial charge in [0, 0.05) is 72.7 Å². The Morgan fingerprint density at radius 1 is 0.554 bits per heavy atom. The summed E-state index contributed by atoms with van der Waals surface area (Å²) in [7, 11) is -4.21. The lowest BCUT2D eigenvalue weighted by atomic mass is 9.83. The molecular formula is C54H54F2N8O8S2. The second-order valence-corrected chi connectivity index (χ2v) is 21.6. The fraction of sp³-hybridized carbons (Fsp3) is 0.259. The van der Waals surface area contributed by atoms with Crippen LogP contribution in [0.2, 0.25) is 0 Å². The fourth-order valence-corrected chi connectivity index (χ4v) is 11.2. The van der Waals surface area contributed by atoms with Gasteiger partial charge in [-0.1, -0.05) is 36.4 Å². The van der Waals surface area contributed by atoms with E-state index in [9.17, 15) is 25.6 Å². The van der Waals surface area contributed by atoms with Crippen LogP contribution in [0.3, 0.4) is 0 Å². The minimum Gasteiger partial charge on any atom is -0.493 e. The molecule has 0 saturated carbocycles. The molecule has 2 aliphatic heterocycles. The smallest absolute Gasteiger partial charge is 0.263 e. The average Bonchev–Trinajstić information content (AvgIpc) is 4.00. The topological polar surface area (TPSA) is 191 Å². The summed E-state index contributed by atoms with van der Waals surface area (Å²) >= 11 is 0. The van der Waals surface area contributed by atoms with Crippen molar-refractivity contribution in [3.8, 4) is 45.5 Å². The highest BCUT2D eigenvalue weighted by atomic mass is 32.2. The first-order valence-corrected chi connectivity index (χ1v) is 26.8. The second kappa shape index (κ2) is 21.3. The summed E-state index contributed by atoms with van der Waals surface area (Å²) in [6, 6.07) is 33.4. The number of halogens is 2. The molecule has 0 saturated heterocycles. The van der Waals surface area contributed by atoms with Crippen molar-refractivity contribution in [3.05, 3.63) is 168 Å².